The molecule has 0 bridgehead atoms. The maximum absolute atomic E-state index is 13.1. The Hall–Kier alpha value is -3.46. The van der Waals surface area contributed by atoms with Crippen LogP contribution < -0.4 is 15.5 Å². The number of piperazine rings is 1. The van der Waals surface area contributed by atoms with E-state index in [4.69, 9.17) is 0 Å². The first-order valence-electron chi connectivity index (χ1n) is 10.1. The van der Waals surface area contributed by atoms with E-state index in [1.807, 2.05) is 51.5 Å². The van der Waals surface area contributed by atoms with Crippen LogP contribution in [0.5, 0.6) is 0 Å². The highest BCUT2D eigenvalue weighted by molar-refractivity contribution is 6.13. The van der Waals surface area contributed by atoms with Gasteiger partial charge in [0.25, 0.3) is 5.91 Å². The van der Waals surface area contributed by atoms with E-state index in [0.29, 0.717) is 16.9 Å². The van der Waals surface area contributed by atoms with Crippen LogP contribution in [0.25, 0.3) is 16.4 Å². The molecule has 5 rings (SSSR count). The molecule has 0 spiro atoms. The lowest BCUT2D eigenvalue weighted by molar-refractivity contribution is 0.102. The number of amides is 1. The predicted octanol–water partition coefficient (Wildman–Crippen LogP) is 1.89. The predicted molar refractivity (Wildman–Crippen MR) is 116 cm³/mol. The topological polar surface area (TPSA) is 92.4 Å². The number of rotatable bonds is 3. The van der Waals surface area contributed by atoms with Crippen molar-refractivity contribution in [1.29, 1.82) is 0 Å². The van der Waals surface area contributed by atoms with Crippen LogP contribution in [0, 0.1) is 13.8 Å². The van der Waals surface area contributed by atoms with Gasteiger partial charge >= 0.3 is 0 Å². The van der Waals surface area contributed by atoms with E-state index in [0.717, 1.165) is 54.2 Å². The number of hydrogen-bond donors (Lipinski definition) is 2. The van der Waals surface area contributed by atoms with Gasteiger partial charge in [0, 0.05) is 56.6 Å². The van der Waals surface area contributed by atoms with Crippen molar-refractivity contribution in [2.75, 3.05) is 36.4 Å². The zero-order valence-corrected chi connectivity index (χ0v) is 17.3. The summed E-state index contributed by atoms with van der Waals surface area (Å²) < 4.78 is 3.51. The summed E-state index contributed by atoms with van der Waals surface area (Å²) in [5.41, 5.74) is 4.96. The Balaban J connectivity index is 1.50. The molecule has 30 heavy (non-hydrogen) atoms. The number of nitrogens with one attached hydrogen (secondary N) is 2. The Bertz CT molecular complexity index is 1270. The molecule has 3 aromatic heterocycles. The molecule has 4 aromatic rings. The fourth-order valence-electron chi connectivity index (χ4n) is 4.11. The summed E-state index contributed by atoms with van der Waals surface area (Å²) in [6, 6.07) is 5.71. The van der Waals surface area contributed by atoms with Crippen molar-refractivity contribution in [2.24, 2.45) is 7.05 Å². The lowest BCUT2D eigenvalue weighted by Crippen LogP contribution is -2.43. The molecule has 0 saturated carbocycles. The van der Waals surface area contributed by atoms with Crippen LogP contribution in [0.3, 0.4) is 0 Å². The van der Waals surface area contributed by atoms with Crippen LogP contribution in [-0.2, 0) is 7.05 Å². The molecule has 0 aliphatic carbocycles. The van der Waals surface area contributed by atoms with Crippen molar-refractivity contribution >= 4 is 33.8 Å². The van der Waals surface area contributed by atoms with E-state index in [9.17, 15) is 4.79 Å². The molecule has 1 fully saturated rings. The van der Waals surface area contributed by atoms with E-state index in [1.54, 1.807) is 9.20 Å². The monoisotopic (exact) mass is 404 g/mol. The molecule has 9 nitrogen and oxygen atoms in total. The van der Waals surface area contributed by atoms with Gasteiger partial charge in [-0.3, -0.25) is 14.5 Å². The van der Waals surface area contributed by atoms with Gasteiger partial charge in [-0.15, -0.1) is 5.10 Å². The number of aryl methyl sites for hydroxylation is 3. The van der Waals surface area contributed by atoms with E-state index >= 15 is 0 Å². The lowest BCUT2D eigenvalue weighted by atomic mass is 10.1. The third-order valence-corrected chi connectivity index (χ3v) is 5.47. The largest absolute Gasteiger partial charge is 0.368 e. The molecule has 1 aliphatic rings. The van der Waals surface area contributed by atoms with Gasteiger partial charge in [0.15, 0.2) is 5.82 Å². The molecule has 0 radical (unpaired) electrons. The SMILES string of the molecule is Cc1cn2nc(NC(=O)c3ccc(N4CCNCC4)c4cn(C)nc34)cc2c(C)n1. The van der Waals surface area contributed by atoms with Crippen molar-refractivity contribution in [3.63, 3.8) is 0 Å². The summed E-state index contributed by atoms with van der Waals surface area (Å²) in [6.45, 7) is 7.62. The highest BCUT2D eigenvalue weighted by Gasteiger charge is 2.20. The van der Waals surface area contributed by atoms with Gasteiger partial charge in [-0.1, -0.05) is 0 Å². The summed E-state index contributed by atoms with van der Waals surface area (Å²) in [5.74, 6) is 0.266. The Labute approximate surface area is 173 Å². The van der Waals surface area contributed by atoms with Crippen molar-refractivity contribution < 1.29 is 4.79 Å². The number of nitrogens with zero attached hydrogens (tertiary/aromatic N) is 6. The van der Waals surface area contributed by atoms with Gasteiger partial charge < -0.3 is 15.5 Å². The van der Waals surface area contributed by atoms with Gasteiger partial charge in [-0.05, 0) is 26.0 Å². The molecule has 1 amide bonds. The number of aromatic nitrogens is 5. The van der Waals surface area contributed by atoms with Crippen molar-refractivity contribution in [2.45, 2.75) is 13.8 Å². The molecule has 4 heterocycles. The Morgan fingerprint density at radius 3 is 2.73 bits per heavy atom. The van der Waals surface area contributed by atoms with Crippen LogP contribution in [-0.4, -0.2) is 56.5 Å². The van der Waals surface area contributed by atoms with E-state index < -0.39 is 0 Å². The van der Waals surface area contributed by atoms with Crippen molar-refractivity contribution in [3.05, 3.63) is 47.5 Å². The summed E-state index contributed by atoms with van der Waals surface area (Å²) in [7, 11) is 1.88. The van der Waals surface area contributed by atoms with Gasteiger partial charge in [-0.2, -0.15) is 5.10 Å². The minimum Gasteiger partial charge on any atom is -0.368 e. The minimum atomic E-state index is -0.226. The Kier molecular flexibility index (Phi) is 4.39. The summed E-state index contributed by atoms with van der Waals surface area (Å²) in [4.78, 5) is 19.9. The molecule has 1 saturated heterocycles. The normalized spacial score (nSPS) is 14.6. The fourth-order valence-corrected chi connectivity index (χ4v) is 4.11. The van der Waals surface area contributed by atoms with Crippen LogP contribution in [0.4, 0.5) is 11.5 Å². The highest BCUT2D eigenvalue weighted by Crippen LogP contribution is 2.29. The average molecular weight is 404 g/mol. The minimum absolute atomic E-state index is 0.226. The lowest BCUT2D eigenvalue weighted by Gasteiger charge is -2.30. The van der Waals surface area contributed by atoms with Crippen LogP contribution in [0.1, 0.15) is 21.7 Å². The van der Waals surface area contributed by atoms with Crippen molar-refractivity contribution in [3.8, 4) is 0 Å². The van der Waals surface area contributed by atoms with Crippen LogP contribution in [0.15, 0.2) is 30.6 Å². The molecule has 2 N–H and O–H groups in total. The summed E-state index contributed by atoms with van der Waals surface area (Å²) >= 11 is 0. The molecule has 154 valence electrons. The first-order chi connectivity index (χ1) is 14.5. The molecular weight excluding hydrogens is 380 g/mol. The Morgan fingerprint density at radius 2 is 1.93 bits per heavy atom. The fraction of sp³-hybridized carbons (Fsp3) is 0.333. The number of carbonyl (C=O) groups is 1. The molecule has 1 aliphatic heterocycles. The third-order valence-electron chi connectivity index (χ3n) is 5.47. The first-order valence-corrected chi connectivity index (χ1v) is 10.1. The molecule has 0 unspecified atom stereocenters. The van der Waals surface area contributed by atoms with E-state index in [1.165, 1.54) is 0 Å². The number of hydrogen-bond acceptors (Lipinski definition) is 6. The Morgan fingerprint density at radius 1 is 1.13 bits per heavy atom. The second kappa shape index (κ2) is 7.10. The van der Waals surface area contributed by atoms with Crippen molar-refractivity contribution in [1.82, 2.24) is 29.7 Å². The summed E-state index contributed by atoms with van der Waals surface area (Å²) in [6.07, 6.45) is 3.82. The zero-order chi connectivity index (χ0) is 20.8. The standard InChI is InChI=1S/C21H24N8O/c1-13-11-29-18(14(2)23-13)10-19(25-29)24-21(30)15-4-5-17(28-8-6-22-7-9-28)16-12-27(3)26-20(15)16/h4-5,10-12,22H,6-9H2,1-3H3,(H,24,25,30). The third kappa shape index (κ3) is 3.17. The quantitative estimate of drug-likeness (QED) is 0.542. The van der Waals surface area contributed by atoms with E-state index in [-0.39, 0.29) is 5.91 Å². The van der Waals surface area contributed by atoms with Gasteiger partial charge in [-0.25, -0.2) is 4.52 Å². The second-order valence-electron chi connectivity index (χ2n) is 7.72. The number of carbonyl (C=O) groups excluding carboxylic acids is 1. The van der Waals surface area contributed by atoms with Gasteiger partial charge in [0.05, 0.1) is 28.7 Å². The van der Waals surface area contributed by atoms with Crippen LogP contribution >= 0.6 is 0 Å². The highest BCUT2D eigenvalue weighted by atomic mass is 16.1. The summed E-state index contributed by atoms with van der Waals surface area (Å²) in [5, 5.41) is 16.3. The smallest absolute Gasteiger partial charge is 0.259 e. The maximum atomic E-state index is 13.1. The molecule has 9 heteroatoms. The molecule has 1 aromatic carbocycles. The zero-order valence-electron chi connectivity index (χ0n) is 17.3. The van der Waals surface area contributed by atoms with E-state index in [2.05, 4.69) is 30.7 Å². The second-order valence-corrected chi connectivity index (χ2v) is 7.72. The average Bonchev–Trinajstić information content (AvgIpc) is 3.30. The van der Waals surface area contributed by atoms with Gasteiger partial charge in [0.1, 0.15) is 5.52 Å². The molecule has 0 atom stereocenters. The first kappa shape index (κ1) is 18.6. The number of fused-ring (bicyclic) bond motifs is 2. The number of benzene rings is 1. The van der Waals surface area contributed by atoms with Gasteiger partial charge in [0.2, 0.25) is 0 Å². The maximum Gasteiger partial charge on any atom is 0.259 e. The number of anilines is 2. The van der Waals surface area contributed by atoms with Crippen LogP contribution in [0.2, 0.25) is 0 Å². The molecular formula is C21H24N8O.